The Labute approximate surface area is 198 Å². The van der Waals surface area contributed by atoms with Crippen molar-refractivity contribution in [3.8, 4) is 17.0 Å². The summed E-state index contributed by atoms with van der Waals surface area (Å²) in [5, 5.41) is 4.06. The average molecular weight is 447 g/mol. The fourth-order valence-electron chi connectivity index (χ4n) is 4.36. The molecular weight excluding hydrogens is 408 g/mol. The third-order valence-corrected chi connectivity index (χ3v) is 6.29. The number of ether oxygens (including phenoxy) is 1. The SMILES string of the molecule is CCCCCCCCCCCNC(=O)c1c(C)c(-c2ccc(OC)cc2)nc2ccccc12. The molecule has 0 bridgehead atoms. The van der Waals surface area contributed by atoms with Gasteiger partial charge in [-0.2, -0.15) is 0 Å². The Balaban J connectivity index is 1.65. The Bertz CT molecular complexity index is 1030. The molecule has 3 aromatic rings. The van der Waals surface area contributed by atoms with Crippen LogP contribution < -0.4 is 10.1 Å². The monoisotopic (exact) mass is 446 g/mol. The van der Waals surface area contributed by atoms with Crippen LogP contribution in [0, 0.1) is 6.92 Å². The molecule has 0 aliphatic carbocycles. The Morgan fingerprint density at radius 3 is 2.18 bits per heavy atom. The molecule has 2 aromatic carbocycles. The summed E-state index contributed by atoms with van der Waals surface area (Å²) < 4.78 is 5.28. The lowest BCUT2D eigenvalue weighted by Gasteiger charge is -2.15. The average Bonchev–Trinajstić information content (AvgIpc) is 2.84. The number of aromatic nitrogens is 1. The number of para-hydroxylation sites is 1. The van der Waals surface area contributed by atoms with E-state index in [1.54, 1.807) is 7.11 Å². The third kappa shape index (κ3) is 6.80. The number of hydrogen-bond donors (Lipinski definition) is 1. The van der Waals surface area contributed by atoms with Crippen molar-refractivity contribution >= 4 is 16.8 Å². The van der Waals surface area contributed by atoms with Gasteiger partial charge in [0, 0.05) is 17.5 Å². The lowest BCUT2D eigenvalue weighted by atomic mass is 9.97. The molecule has 1 aromatic heterocycles. The van der Waals surface area contributed by atoms with Gasteiger partial charge < -0.3 is 10.1 Å². The molecule has 1 N–H and O–H groups in total. The molecule has 33 heavy (non-hydrogen) atoms. The molecule has 1 amide bonds. The standard InChI is InChI=1S/C29H38N2O2/c1-4-5-6-7-8-9-10-11-14-21-30-29(32)27-22(2)28(23-17-19-24(33-3)20-18-23)31-26-16-13-12-15-25(26)27/h12-13,15-20H,4-11,14,21H2,1-3H3,(H,30,32). The van der Waals surface area contributed by atoms with Crippen LogP contribution in [0.4, 0.5) is 0 Å². The summed E-state index contributed by atoms with van der Waals surface area (Å²) in [6, 6.07) is 15.7. The molecule has 0 saturated carbocycles. The normalized spacial score (nSPS) is 11.0. The number of nitrogens with zero attached hydrogens (tertiary/aromatic N) is 1. The minimum atomic E-state index is -0.0135. The molecule has 0 unspecified atom stereocenters. The van der Waals surface area contributed by atoms with Crippen molar-refractivity contribution in [3.63, 3.8) is 0 Å². The number of fused-ring (bicyclic) bond motifs is 1. The van der Waals surface area contributed by atoms with Gasteiger partial charge in [0.1, 0.15) is 5.75 Å². The minimum Gasteiger partial charge on any atom is -0.497 e. The van der Waals surface area contributed by atoms with Crippen LogP contribution in [-0.2, 0) is 0 Å². The summed E-state index contributed by atoms with van der Waals surface area (Å²) in [5.74, 6) is 0.788. The van der Waals surface area contributed by atoms with E-state index in [9.17, 15) is 4.79 Å². The van der Waals surface area contributed by atoms with E-state index in [1.807, 2.05) is 55.5 Å². The van der Waals surface area contributed by atoms with Gasteiger partial charge in [0.25, 0.3) is 5.91 Å². The molecule has 0 saturated heterocycles. The molecule has 176 valence electrons. The van der Waals surface area contributed by atoms with E-state index in [2.05, 4.69) is 12.2 Å². The van der Waals surface area contributed by atoms with Crippen molar-refractivity contribution < 1.29 is 9.53 Å². The largest absolute Gasteiger partial charge is 0.497 e. The van der Waals surface area contributed by atoms with E-state index < -0.39 is 0 Å². The predicted molar refractivity (Wildman–Crippen MR) is 138 cm³/mol. The zero-order chi connectivity index (χ0) is 23.5. The number of methoxy groups -OCH3 is 1. The number of nitrogens with one attached hydrogen (secondary N) is 1. The second-order valence-electron chi connectivity index (χ2n) is 8.79. The van der Waals surface area contributed by atoms with Gasteiger partial charge in [-0.15, -0.1) is 0 Å². The maximum absolute atomic E-state index is 13.2. The van der Waals surface area contributed by atoms with Crippen molar-refractivity contribution in [1.82, 2.24) is 10.3 Å². The summed E-state index contributed by atoms with van der Waals surface area (Å²) in [6.07, 6.45) is 11.5. The molecular formula is C29H38N2O2. The molecule has 0 aliphatic rings. The van der Waals surface area contributed by atoms with Crippen LogP contribution in [0.1, 0.15) is 80.6 Å². The highest BCUT2D eigenvalue weighted by molar-refractivity contribution is 6.08. The highest BCUT2D eigenvalue weighted by Gasteiger charge is 2.18. The van der Waals surface area contributed by atoms with E-state index in [0.717, 1.165) is 45.5 Å². The summed E-state index contributed by atoms with van der Waals surface area (Å²) >= 11 is 0. The maximum atomic E-state index is 13.2. The van der Waals surface area contributed by atoms with Gasteiger partial charge in [-0.3, -0.25) is 4.79 Å². The molecule has 0 fully saturated rings. The second kappa shape index (κ2) is 13.0. The van der Waals surface area contributed by atoms with Crippen LogP contribution in [0.3, 0.4) is 0 Å². The third-order valence-electron chi connectivity index (χ3n) is 6.29. The zero-order valence-corrected chi connectivity index (χ0v) is 20.5. The van der Waals surface area contributed by atoms with Gasteiger partial charge >= 0.3 is 0 Å². The fraction of sp³-hybridized carbons (Fsp3) is 0.448. The number of carbonyl (C=O) groups is 1. The highest BCUT2D eigenvalue weighted by atomic mass is 16.5. The van der Waals surface area contributed by atoms with Crippen LogP contribution in [0.25, 0.3) is 22.2 Å². The van der Waals surface area contributed by atoms with Crippen LogP contribution in [-0.4, -0.2) is 24.5 Å². The number of carbonyl (C=O) groups excluding carboxylic acids is 1. The number of benzene rings is 2. The zero-order valence-electron chi connectivity index (χ0n) is 20.5. The minimum absolute atomic E-state index is 0.0135. The van der Waals surface area contributed by atoms with Crippen molar-refractivity contribution in [3.05, 3.63) is 59.7 Å². The molecule has 0 radical (unpaired) electrons. The van der Waals surface area contributed by atoms with Crippen molar-refractivity contribution in [2.45, 2.75) is 71.6 Å². The van der Waals surface area contributed by atoms with Crippen LogP contribution >= 0.6 is 0 Å². The Hall–Kier alpha value is -2.88. The first-order chi connectivity index (χ1) is 16.2. The first-order valence-corrected chi connectivity index (χ1v) is 12.5. The van der Waals surface area contributed by atoms with Gasteiger partial charge in [-0.05, 0) is 49.2 Å². The summed E-state index contributed by atoms with van der Waals surface area (Å²) in [7, 11) is 1.66. The van der Waals surface area contributed by atoms with Crippen molar-refractivity contribution in [2.75, 3.05) is 13.7 Å². The van der Waals surface area contributed by atoms with Gasteiger partial charge in [0.2, 0.25) is 0 Å². The van der Waals surface area contributed by atoms with Crippen LogP contribution in [0.5, 0.6) is 5.75 Å². The number of unbranched alkanes of at least 4 members (excludes halogenated alkanes) is 8. The quantitative estimate of drug-likeness (QED) is 0.277. The number of rotatable bonds is 13. The smallest absolute Gasteiger partial charge is 0.252 e. The first-order valence-electron chi connectivity index (χ1n) is 12.5. The highest BCUT2D eigenvalue weighted by Crippen LogP contribution is 2.30. The maximum Gasteiger partial charge on any atom is 0.252 e. The molecule has 0 spiro atoms. The van der Waals surface area contributed by atoms with E-state index in [4.69, 9.17) is 9.72 Å². The first kappa shape index (κ1) is 24.8. The van der Waals surface area contributed by atoms with E-state index >= 15 is 0 Å². The topological polar surface area (TPSA) is 51.2 Å². The molecule has 1 heterocycles. The Kier molecular flexibility index (Phi) is 9.74. The lowest BCUT2D eigenvalue weighted by molar-refractivity contribution is 0.0954. The van der Waals surface area contributed by atoms with Gasteiger partial charge in [-0.25, -0.2) is 4.98 Å². The van der Waals surface area contributed by atoms with Crippen molar-refractivity contribution in [2.24, 2.45) is 0 Å². The number of hydrogen-bond acceptors (Lipinski definition) is 3. The molecule has 4 nitrogen and oxygen atoms in total. The van der Waals surface area contributed by atoms with Crippen LogP contribution in [0.2, 0.25) is 0 Å². The Morgan fingerprint density at radius 1 is 0.879 bits per heavy atom. The van der Waals surface area contributed by atoms with Gasteiger partial charge in [0.05, 0.1) is 23.9 Å². The Morgan fingerprint density at radius 2 is 1.52 bits per heavy atom. The van der Waals surface area contributed by atoms with E-state index in [-0.39, 0.29) is 5.91 Å². The number of amides is 1. The summed E-state index contributed by atoms with van der Waals surface area (Å²) in [6.45, 7) is 4.96. The van der Waals surface area contributed by atoms with Gasteiger partial charge in [-0.1, -0.05) is 76.5 Å². The molecule has 0 atom stereocenters. The molecule has 4 heteroatoms. The predicted octanol–water partition coefficient (Wildman–Crippen LogP) is 7.48. The second-order valence-corrected chi connectivity index (χ2v) is 8.79. The van der Waals surface area contributed by atoms with E-state index in [1.165, 1.54) is 51.4 Å². The summed E-state index contributed by atoms with van der Waals surface area (Å²) in [5.41, 5.74) is 4.28. The lowest BCUT2D eigenvalue weighted by Crippen LogP contribution is -2.26. The van der Waals surface area contributed by atoms with Gasteiger partial charge in [0.15, 0.2) is 0 Å². The van der Waals surface area contributed by atoms with Crippen LogP contribution in [0.15, 0.2) is 48.5 Å². The van der Waals surface area contributed by atoms with Crippen molar-refractivity contribution in [1.29, 1.82) is 0 Å². The fourth-order valence-corrected chi connectivity index (χ4v) is 4.36. The molecule has 0 aliphatic heterocycles. The number of pyridine rings is 1. The molecule has 3 rings (SSSR count). The summed E-state index contributed by atoms with van der Waals surface area (Å²) in [4.78, 5) is 18.1. The van der Waals surface area contributed by atoms with E-state index in [0.29, 0.717) is 6.54 Å².